The van der Waals surface area contributed by atoms with Gasteiger partial charge in [-0.25, -0.2) is 9.18 Å². The molecule has 2 aromatic rings. The molecule has 1 aromatic heterocycles. The average Bonchev–Trinajstić information content (AvgIpc) is 3.47. The Morgan fingerprint density at radius 3 is 2.91 bits per heavy atom. The van der Waals surface area contributed by atoms with Crippen molar-refractivity contribution in [2.45, 2.75) is 38.6 Å². The molecule has 0 bridgehead atoms. The van der Waals surface area contributed by atoms with Gasteiger partial charge in [-0.3, -0.25) is 4.79 Å². The van der Waals surface area contributed by atoms with E-state index in [1.165, 1.54) is 17.0 Å². The monoisotopic (exact) mass is 459 g/mol. The number of fused-ring (bicyclic) bond motifs is 1. The number of urea groups is 1. The maximum Gasteiger partial charge on any atom is 0.317 e. The summed E-state index contributed by atoms with van der Waals surface area (Å²) in [4.78, 5) is 30.8. The summed E-state index contributed by atoms with van der Waals surface area (Å²) in [6.07, 6.45) is 3.86. The van der Waals surface area contributed by atoms with Gasteiger partial charge in [0.1, 0.15) is 24.7 Å². The van der Waals surface area contributed by atoms with Gasteiger partial charge in [0.25, 0.3) is 0 Å². The van der Waals surface area contributed by atoms with Crippen molar-refractivity contribution < 1.29 is 18.7 Å². The van der Waals surface area contributed by atoms with Gasteiger partial charge in [0.05, 0.1) is 6.04 Å². The molecule has 2 aliphatic rings. The minimum atomic E-state index is -0.357. The normalized spacial score (nSPS) is 17.6. The molecule has 8 heteroatoms. The molecule has 1 atom stereocenters. The quantitative estimate of drug-likeness (QED) is 0.611. The van der Waals surface area contributed by atoms with Gasteiger partial charge < -0.3 is 19.9 Å². The van der Waals surface area contributed by atoms with Crippen molar-refractivity contribution in [1.29, 1.82) is 0 Å². The molecule has 3 amide bonds. The summed E-state index contributed by atoms with van der Waals surface area (Å²) < 4.78 is 19.4. The molecule has 1 aliphatic heterocycles. The Morgan fingerprint density at radius 2 is 2.16 bits per heavy atom. The number of thiophene rings is 1. The number of hydrogen-bond acceptors (Lipinski definition) is 4. The predicted molar refractivity (Wildman–Crippen MR) is 122 cm³/mol. The van der Waals surface area contributed by atoms with E-state index in [0.717, 1.165) is 31.2 Å². The van der Waals surface area contributed by atoms with Crippen molar-refractivity contribution in [1.82, 2.24) is 15.1 Å². The highest BCUT2D eigenvalue weighted by atomic mass is 32.1. The lowest BCUT2D eigenvalue weighted by Crippen LogP contribution is -2.50. The molecular weight excluding hydrogens is 429 g/mol. The van der Waals surface area contributed by atoms with Gasteiger partial charge >= 0.3 is 6.03 Å². The molecule has 32 heavy (non-hydrogen) atoms. The zero-order chi connectivity index (χ0) is 22.5. The van der Waals surface area contributed by atoms with Crippen LogP contribution in [-0.4, -0.2) is 54.5 Å². The van der Waals surface area contributed by atoms with Crippen molar-refractivity contribution in [3.05, 3.63) is 52.0 Å². The van der Waals surface area contributed by atoms with E-state index in [1.54, 1.807) is 28.4 Å². The summed E-state index contributed by atoms with van der Waals surface area (Å²) in [7, 11) is 0. The zero-order valence-electron chi connectivity index (χ0n) is 18.4. The summed E-state index contributed by atoms with van der Waals surface area (Å²) >= 11 is 1.68. The van der Waals surface area contributed by atoms with E-state index in [2.05, 4.69) is 5.32 Å². The van der Waals surface area contributed by atoms with Gasteiger partial charge in [-0.05, 0) is 60.7 Å². The Kier molecular flexibility index (Phi) is 7.29. The van der Waals surface area contributed by atoms with Crippen LogP contribution in [0.3, 0.4) is 0 Å². The van der Waals surface area contributed by atoms with E-state index in [4.69, 9.17) is 4.74 Å². The third kappa shape index (κ3) is 5.59. The lowest BCUT2D eigenvalue weighted by molar-refractivity contribution is -0.135. The Labute approximate surface area is 192 Å². The topological polar surface area (TPSA) is 61.9 Å². The third-order valence-electron chi connectivity index (χ3n) is 5.93. The molecule has 0 saturated heterocycles. The number of benzene rings is 1. The van der Waals surface area contributed by atoms with Crippen LogP contribution >= 0.6 is 11.3 Å². The van der Waals surface area contributed by atoms with Gasteiger partial charge in [0.2, 0.25) is 5.91 Å². The fourth-order valence-electron chi connectivity index (χ4n) is 4.04. The van der Waals surface area contributed by atoms with Crippen molar-refractivity contribution in [2.75, 3.05) is 32.8 Å². The molecule has 172 valence electrons. The number of hydrogen-bond donors (Lipinski definition) is 1. The van der Waals surface area contributed by atoms with Gasteiger partial charge in [-0.15, -0.1) is 11.3 Å². The molecular formula is C24H30FN3O3S. The number of halogens is 1. The number of rotatable bonds is 9. The number of nitrogens with zero attached hydrogens (tertiary/aromatic N) is 2. The Bertz CT molecular complexity index is 946. The highest BCUT2D eigenvalue weighted by molar-refractivity contribution is 7.10. The second-order valence-corrected chi connectivity index (χ2v) is 9.48. The Morgan fingerprint density at radius 1 is 1.31 bits per heavy atom. The molecule has 1 aliphatic carbocycles. The SMILES string of the molecule is CCCNC(=O)N(CC(=O)N1CCc2sccc2[C@H]1COc1cccc(F)c1)CC1CC1. The fourth-order valence-corrected chi connectivity index (χ4v) is 4.96. The van der Waals surface area contributed by atoms with Crippen LogP contribution in [0.15, 0.2) is 35.7 Å². The van der Waals surface area contributed by atoms with Crippen LogP contribution in [0.1, 0.15) is 42.7 Å². The van der Waals surface area contributed by atoms with Crippen LogP contribution in [-0.2, 0) is 11.2 Å². The minimum absolute atomic E-state index is 0.0575. The van der Waals surface area contributed by atoms with Crippen molar-refractivity contribution in [3.63, 3.8) is 0 Å². The first kappa shape index (κ1) is 22.6. The number of ether oxygens (including phenoxy) is 1. The second-order valence-electron chi connectivity index (χ2n) is 8.48. The summed E-state index contributed by atoms with van der Waals surface area (Å²) in [6, 6.07) is 7.64. The smallest absolute Gasteiger partial charge is 0.317 e. The van der Waals surface area contributed by atoms with E-state index in [9.17, 15) is 14.0 Å². The molecule has 0 radical (unpaired) electrons. The molecule has 1 aromatic carbocycles. The van der Waals surface area contributed by atoms with E-state index >= 15 is 0 Å². The predicted octanol–water partition coefficient (Wildman–Crippen LogP) is 4.22. The first-order valence-corrected chi connectivity index (χ1v) is 12.2. The summed E-state index contributed by atoms with van der Waals surface area (Å²) in [5.74, 6) is 0.493. The van der Waals surface area contributed by atoms with E-state index < -0.39 is 0 Å². The van der Waals surface area contributed by atoms with Gasteiger partial charge in [-0.1, -0.05) is 13.0 Å². The zero-order valence-corrected chi connectivity index (χ0v) is 19.2. The summed E-state index contributed by atoms with van der Waals surface area (Å²) in [5.41, 5.74) is 1.08. The molecule has 6 nitrogen and oxygen atoms in total. The highest BCUT2D eigenvalue weighted by Crippen LogP contribution is 2.34. The summed E-state index contributed by atoms with van der Waals surface area (Å²) in [5, 5.41) is 4.94. The van der Waals surface area contributed by atoms with E-state index in [1.807, 2.05) is 23.3 Å². The fraction of sp³-hybridized carbons (Fsp3) is 0.500. The molecule has 1 saturated carbocycles. The lowest BCUT2D eigenvalue weighted by atomic mass is 10.0. The van der Waals surface area contributed by atoms with Crippen LogP contribution in [0, 0.1) is 11.7 Å². The van der Waals surface area contributed by atoms with Crippen molar-refractivity contribution in [3.8, 4) is 5.75 Å². The first-order valence-electron chi connectivity index (χ1n) is 11.3. The van der Waals surface area contributed by atoms with Crippen LogP contribution in [0.4, 0.5) is 9.18 Å². The van der Waals surface area contributed by atoms with E-state index in [-0.39, 0.29) is 36.9 Å². The standard InChI is InChI=1S/C24H30FN3O3S/c1-2-10-26-24(30)27(14-17-6-7-17)15-23(29)28-11-8-22-20(9-12-32-22)21(28)16-31-19-5-3-4-18(25)13-19/h3-5,9,12-13,17,21H,2,6-8,10-11,14-16H2,1H3,(H,26,30)/t21-/m1/s1. The molecule has 4 rings (SSSR count). The summed E-state index contributed by atoms with van der Waals surface area (Å²) in [6.45, 7) is 4.10. The largest absolute Gasteiger partial charge is 0.491 e. The maximum atomic E-state index is 13.6. The lowest BCUT2D eigenvalue weighted by Gasteiger charge is -2.37. The van der Waals surface area contributed by atoms with E-state index in [0.29, 0.717) is 31.3 Å². The first-order chi connectivity index (χ1) is 15.5. The number of amides is 3. The molecule has 0 spiro atoms. The molecule has 1 N–H and O–H groups in total. The average molecular weight is 460 g/mol. The van der Waals surface area contributed by atoms with Crippen molar-refractivity contribution >= 4 is 23.3 Å². The maximum absolute atomic E-state index is 13.6. The Hall–Kier alpha value is -2.61. The number of carbonyl (C=O) groups is 2. The van der Waals surface area contributed by atoms with Gasteiger partial charge in [0, 0.05) is 30.6 Å². The van der Waals surface area contributed by atoms with Crippen LogP contribution in [0.25, 0.3) is 0 Å². The minimum Gasteiger partial charge on any atom is -0.491 e. The van der Waals surface area contributed by atoms with Crippen LogP contribution in [0.5, 0.6) is 5.75 Å². The Balaban J connectivity index is 1.47. The highest BCUT2D eigenvalue weighted by Gasteiger charge is 2.35. The molecule has 0 unspecified atom stereocenters. The van der Waals surface area contributed by atoms with Crippen LogP contribution < -0.4 is 10.1 Å². The second kappa shape index (κ2) is 10.3. The van der Waals surface area contributed by atoms with Crippen molar-refractivity contribution in [2.24, 2.45) is 5.92 Å². The third-order valence-corrected chi connectivity index (χ3v) is 6.93. The number of carbonyl (C=O) groups excluding carboxylic acids is 2. The molecule has 1 fully saturated rings. The van der Waals surface area contributed by atoms with Gasteiger partial charge in [0.15, 0.2) is 0 Å². The number of nitrogens with one attached hydrogen (secondary N) is 1. The van der Waals surface area contributed by atoms with Crippen LogP contribution in [0.2, 0.25) is 0 Å². The molecule has 2 heterocycles. The van der Waals surface area contributed by atoms with Gasteiger partial charge in [-0.2, -0.15) is 0 Å².